The van der Waals surface area contributed by atoms with Crippen molar-refractivity contribution in [3.8, 4) is 5.88 Å². The van der Waals surface area contributed by atoms with E-state index in [1.807, 2.05) is 49.3 Å². The van der Waals surface area contributed by atoms with Crippen LogP contribution in [-0.4, -0.2) is 62.3 Å². The van der Waals surface area contributed by atoms with Crippen LogP contribution in [-0.2, 0) is 4.79 Å². The largest absolute Gasteiger partial charge is 0.473 e. The maximum Gasteiger partial charge on any atom is 0.240 e. The summed E-state index contributed by atoms with van der Waals surface area (Å²) < 4.78 is 8.83. The highest BCUT2D eigenvalue weighted by Gasteiger charge is 2.17. The smallest absolute Gasteiger partial charge is 0.240 e. The lowest BCUT2D eigenvalue weighted by atomic mass is 9.98. The van der Waals surface area contributed by atoms with Crippen molar-refractivity contribution in [3.63, 3.8) is 0 Å². The summed E-state index contributed by atoms with van der Waals surface area (Å²) in [5.41, 5.74) is 1.52. The molecule has 172 valence electrons. The van der Waals surface area contributed by atoms with Crippen LogP contribution in [0.15, 0.2) is 40.4 Å². The van der Waals surface area contributed by atoms with Crippen LogP contribution in [0.5, 0.6) is 5.88 Å². The number of hydrogen-bond donors (Lipinski definition) is 1. The monoisotopic (exact) mass is 483 g/mol. The van der Waals surface area contributed by atoms with Gasteiger partial charge in [-0.05, 0) is 75.8 Å². The molecule has 0 spiro atoms. The highest BCUT2D eigenvalue weighted by atomic mass is 32.2. The molecule has 0 unspecified atom stereocenters. The van der Waals surface area contributed by atoms with Crippen molar-refractivity contribution >= 4 is 50.0 Å². The van der Waals surface area contributed by atoms with Gasteiger partial charge in [0.05, 0.1) is 16.8 Å². The minimum atomic E-state index is -0.0825. The predicted octanol–water partition coefficient (Wildman–Crippen LogP) is 4.10. The van der Waals surface area contributed by atoms with Crippen LogP contribution in [0.3, 0.4) is 0 Å². The molecule has 5 rings (SSSR count). The molecule has 0 radical (unpaired) electrons. The van der Waals surface area contributed by atoms with Gasteiger partial charge in [0.25, 0.3) is 0 Å². The van der Waals surface area contributed by atoms with Gasteiger partial charge in [0.2, 0.25) is 16.9 Å². The number of aromatic nitrogens is 5. The summed E-state index contributed by atoms with van der Waals surface area (Å²) in [6, 6.07) is 9.73. The number of benzene rings is 1. The molecule has 0 aliphatic heterocycles. The third kappa shape index (κ3) is 5.26. The van der Waals surface area contributed by atoms with Crippen molar-refractivity contribution in [1.29, 1.82) is 0 Å². The zero-order valence-electron chi connectivity index (χ0n) is 18.5. The van der Waals surface area contributed by atoms with Crippen LogP contribution in [0.2, 0.25) is 0 Å². The Balaban J connectivity index is 1.33. The third-order valence-electron chi connectivity index (χ3n) is 5.32. The number of amides is 1. The highest BCUT2D eigenvalue weighted by Crippen LogP contribution is 2.33. The first-order valence-electron chi connectivity index (χ1n) is 11.0. The number of thiazole rings is 1. The SMILES string of the molecule is CN(C)CC(=O)Nc1nc2ccc(Sc3nnc4ccc(OC5CCCCC5)nn34)cc2s1. The van der Waals surface area contributed by atoms with Gasteiger partial charge in [-0.2, -0.15) is 4.52 Å². The van der Waals surface area contributed by atoms with Crippen molar-refractivity contribution in [3.05, 3.63) is 30.3 Å². The molecule has 3 heterocycles. The van der Waals surface area contributed by atoms with Crippen LogP contribution in [0.4, 0.5) is 5.13 Å². The number of likely N-dealkylation sites (N-methyl/N-ethyl adjacent to an activating group) is 1. The van der Waals surface area contributed by atoms with Gasteiger partial charge in [0.1, 0.15) is 6.10 Å². The van der Waals surface area contributed by atoms with E-state index in [1.54, 1.807) is 4.52 Å². The van der Waals surface area contributed by atoms with E-state index in [2.05, 4.69) is 25.6 Å². The Morgan fingerprint density at radius 2 is 2.06 bits per heavy atom. The van der Waals surface area contributed by atoms with Crippen molar-refractivity contribution < 1.29 is 9.53 Å². The molecule has 1 saturated carbocycles. The lowest BCUT2D eigenvalue weighted by molar-refractivity contribution is -0.116. The van der Waals surface area contributed by atoms with Gasteiger partial charge >= 0.3 is 0 Å². The van der Waals surface area contributed by atoms with Crippen molar-refractivity contribution in [2.75, 3.05) is 26.0 Å². The quantitative estimate of drug-likeness (QED) is 0.420. The average molecular weight is 484 g/mol. The lowest BCUT2D eigenvalue weighted by Crippen LogP contribution is -2.26. The third-order valence-corrected chi connectivity index (χ3v) is 7.18. The summed E-state index contributed by atoms with van der Waals surface area (Å²) in [5, 5.41) is 17.3. The number of nitrogens with one attached hydrogen (secondary N) is 1. The van der Waals surface area contributed by atoms with Crippen molar-refractivity contribution in [2.45, 2.75) is 48.3 Å². The standard InChI is InChI=1S/C22H25N7O2S2/c1-28(2)13-19(30)24-21-23-16-9-8-15(12-17(16)33-21)32-22-26-25-18-10-11-20(27-29(18)22)31-14-6-4-3-5-7-14/h8-12,14H,3-7,13H2,1-2H3,(H,23,24,30). The summed E-state index contributed by atoms with van der Waals surface area (Å²) in [6.07, 6.45) is 6.10. The lowest BCUT2D eigenvalue weighted by Gasteiger charge is -2.22. The number of ether oxygens (including phenoxy) is 1. The Labute approximate surface area is 199 Å². The maximum absolute atomic E-state index is 12.0. The molecule has 9 nitrogen and oxygen atoms in total. The van der Waals surface area contributed by atoms with Crippen LogP contribution in [0.25, 0.3) is 15.9 Å². The molecule has 1 aliphatic carbocycles. The van der Waals surface area contributed by atoms with E-state index in [1.165, 1.54) is 42.4 Å². The van der Waals surface area contributed by atoms with Gasteiger partial charge in [-0.25, -0.2) is 4.98 Å². The minimum absolute atomic E-state index is 0.0825. The topological polar surface area (TPSA) is 97.5 Å². The number of anilines is 1. The summed E-state index contributed by atoms with van der Waals surface area (Å²) >= 11 is 2.93. The van der Waals surface area contributed by atoms with Gasteiger partial charge in [0, 0.05) is 11.0 Å². The molecule has 1 aliphatic rings. The summed E-state index contributed by atoms with van der Waals surface area (Å²) in [6.45, 7) is 0.316. The van der Waals surface area contributed by atoms with E-state index in [4.69, 9.17) is 4.74 Å². The predicted molar refractivity (Wildman–Crippen MR) is 129 cm³/mol. The summed E-state index contributed by atoms with van der Waals surface area (Å²) in [5.74, 6) is 0.521. The van der Waals surface area contributed by atoms with Crippen LogP contribution in [0, 0.1) is 0 Å². The van der Waals surface area contributed by atoms with E-state index in [-0.39, 0.29) is 12.0 Å². The molecule has 1 N–H and O–H groups in total. The molecule has 1 aromatic carbocycles. The Hall–Kier alpha value is -2.76. The molecule has 11 heteroatoms. The fourth-order valence-corrected chi connectivity index (χ4v) is 5.63. The van der Waals surface area contributed by atoms with Crippen LogP contribution in [0.1, 0.15) is 32.1 Å². The van der Waals surface area contributed by atoms with Crippen LogP contribution < -0.4 is 10.1 Å². The highest BCUT2D eigenvalue weighted by molar-refractivity contribution is 7.99. The minimum Gasteiger partial charge on any atom is -0.473 e. The van der Waals surface area contributed by atoms with E-state index in [0.717, 1.165) is 28.0 Å². The molecular formula is C22H25N7O2S2. The molecule has 0 bridgehead atoms. The van der Waals surface area contributed by atoms with Crippen LogP contribution >= 0.6 is 23.1 Å². The van der Waals surface area contributed by atoms with E-state index < -0.39 is 0 Å². The second-order valence-electron chi connectivity index (χ2n) is 8.34. The van der Waals surface area contributed by atoms with Crippen molar-refractivity contribution in [2.24, 2.45) is 0 Å². The Morgan fingerprint density at radius 3 is 2.88 bits per heavy atom. The number of hydrogen-bond acceptors (Lipinski definition) is 9. The molecule has 1 fully saturated rings. The number of carbonyl (C=O) groups excluding carboxylic acids is 1. The van der Waals surface area contributed by atoms with E-state index >= 15 is 0 Å². The molecule has 1 amide bonds. The first kappa shape index (κ1) is 22.1. The normalized spacial score (nSPS) is 14.9. The summed E-state index contributed by atoms with van der Waals surface area (Å²) in [4.78, 5) is 19.4. The number of fused-ring (bicyclic) bond motifs is 2. The number of carbonyl (C=O) groups is 1. The zero-order chi connectivity index (χ0) is 22.8. The fourth-order valence-electron chi connectivity index (χ4n) is 3.81. The summed E-state index contributed by atoms with van der Waals surface area (Å²) in [7, 11) is 3.71. The first-order chi connectivity index (χ1) is 16.0. The van der Waals surface area contributed by atoms with Gasteiger partial charge in [-0.3, -0.25) is 4.79 Å². The van der Waals surface area contributed by atoms with Gasteiger partial charge < -0.3 is 15.0 Å². The molecule has 0 atom stereocenters. The second kappa shape index (κ2) is 9.62. The van der Waals surface area contributed by atoms with Gasteiger partial charge in [-0.15, -0.1) is 15.3 Å². The van der Waals surface area contributed by atoms with E-state index in [9.17, 15) is 4.79 Å². The Kier molecular flexibility index (Phi) is 6.43. The molecule has 33 heavy (non-hydrogen) atoms. The molecular weight excluding hydrogens is 458 g/mol. The second-order valence-corrected chi connectivity index (χ2v) is 10.4. The Morgan fingerprint density at radius 1 is 1.21 bits per heavy atom. The Bertz CT molecular complexity index is 1280. The number of nitrogens with zero attached hydrogens (tertiary/aromatic N) is 6. The maximum atomic E-state index is 12.0. The van der Waals surface area contributed by atoms with Crippen molar-refractivity contribution in [1.82, 2.24) is 29.7 Å². The van der Waals surface area contributed by atoms with E-state index in [0.29, 0.717) is 28.4 Å². The molecule has 0 saturated heterocycles. The molecule has 3 aromatic heterocycles. The molecule has 4 aromatic rings. The fraction of sp³-hybridized carbons (Fsp3) is 0.409. The number of rotatable bonds is 7. The average Bonchev–Trinajstić information content (AvgIpc) is 3.37. The first-order valence-corrected chi connectivity index (χ1v) is 12.6. The van der Waals surface area contributed by atoms with Gasteiger partial charge in [0.15, 0.2) is 10.8 Å². The zero-order valence-corrected chi connectivity index (χ0v) is 20.2. The van der Waals surface area contributed by atoms with Gasteiger partial charge in [-0.1, -0.05) is 17.8 Å².